The number of carbonyl (C=O) groups is 1. The van der Waals surface area contributed by atoms with E-state index in [4.69, 9.17) is 17.3 Å². The Morgan fingerprint density at radius 2 is 2.44 bits per heavy atom. The molecule has 1 aliphatic rings. The molecule has 1 aliphatic heterocycles. The zero-order chi connectivity index (χ0) is 11.7. The first-order valence-corrected chi connectivity index (χ1v) is 6.64. The van der Waals surface area contributed by atoms with E-state index in [0.29, 0.717) is 16.4 Å². The highest BCUT2D eigenvalue weighted by Gasteiger charge is 2.25. The highest BCUT2D eigenvalue weighted by Crippen LogP contribution is 2.29. The number of amides is 1. The second-order valence-corrected chi connectivity index (χ2v) is 5.47. The third kappa shape index (κ3) is 2.24. The van der Waals surface area contributed by atoms with Crippen LogP contribution in [0.5, 0.6) is 0 Å². The first kappa shape index (κ1) is 11.9. The van der Waals surface area contributed by atoms with E-state index >= 15 is 0 Å². The van der Waals surface area contributed by atoms with Gasteiger partial charge in [-0.3, -0.25) is 4.79 Å². The zero-order valence-electron chi connectivity index (χ0n) is 9.20. The van der Waals surface area contributed by atoms with Crippen LogP contribution in [-0.4, -0.2) is 29.9 Å². The second kappa shape index (κ2) is 4.73. The maximum absolute atomic E-state index is 12.2. The number of rotatable bonds is 1. The van der Waals surface area contributed by atoms with Crippen LogP contribution in [0.25, 0.3) is 0 Å². The maximum Gasteiger partial charge on any atom is 0.265 e. The summed E-state index contributed by atoms with van der Waals surface area (Å²) in [7, 11) is 0. The zero-order valence-corrected chi connectivity index (χ0v) is 10.8. The number of nitrogens with two attached hydrogens (primary N) is 1. The molecule has 0 radical (unpaired) electrons. The van der Waals surface area contributed by atoms with Crippen LogP contribution >= 0.6 is 22.9 Å². The lowest BCUT2D eigenvalue weighted by atomic mass is 10.1. The number of piperidine rings is 1. The van der Waals surface area contributed by atoms with Crippen LogP contribution in [0.2, 0.25) is 5.02 Å². The van der Waals surface area contributed by atoms with Gasteiger partial charge in [-0.05, 0) is 30.7 Å². The predicted molar refractivity (Wildman–Crippen MR) is 67.2 cm³/mol. The second-order valence-electron chi connectivity index (χ2n) is 4.22. The van der Waals surface area contributed by atoms with Crippen molar-refractivity contribution < 1.29 is 4.79 Å². The van der Waals surface area contributed by atoms with Crippen molar-refractivity contribution in [2.24, 2.45) is 5.73 Å². The molecule has 1 fully saturated rings. The maximum atomic E-state index is 12.2. The Morgan fingerprint density at radius 1 is 1.69 bits per heavy atom. The van der Waals surface area contributed by atoms with Gasteiger partial charge in [-0.15, -0.1) is 11.3 Å². The summed E-state index contributed by atoms with van der Waals surface area (Å²) in [6.45, 7) is 3.35. The van der Waals surface area contributed by atoms with Crippen molar-refractivity contribution in [3.63, 3.8) is 0 Å². The van der Waals surface area contributed by atoms with Crippen LogP contribution in [0.3, 0.4) is 0 Å². The smallest absolute Gasteiger partial charge is 0.265 e. The van der Waals surface area contributed by atoms with E-state index in [-0.39, 0.29) is 11.9 Å². The molecular weight excluding hydrogens is 244 g/mol. The fourth-order valence-corrected chi connectivity index (χ4v) is 3.15. The molecule has 1 aromatic heterocycles. The van der Waals surface area contributed by atoms with Gasteiger partial charge in [0.1, 0.15) is 4.88 Å². The third-order valence-electron chi connectivity index (χ3n) is 2.84. The number of hydrogen-bond donors (Lipinski definition) is 1. The standard InChI is InChI=1S/C11H15ClN2OS/c1-7-6-16-10(9(7)12)11(15)14-4-2-3-8(13)5-14/h6,8H,2-5,13H2,1H3/t8-/m1/s1. The first-order valence-electron chi connectivity index (χ1n) is 5.38. The van der Waals surface area contributed by atoms with Gasteiger partial charge in [0.25, 0.3) is 5.91 Å². The Hall–Kier alpha value is -0.580. The van der Waals surface area contributed by atoms with Gasteiger partial charge in [0, 0.05) is 19.1 Å². The Labute approximate surface area is 104 Å². The molecule has 0 aromatic carbocycles. The lowest BCUT2D eigenvalue weighted by molar-refractivity contribution is 0.0714. The van der Waals surface area contributed by atoms with Gasteiger partial charge in [-0.25, -0.2) is 0 Å². The Balaban J connectivity index is 2.15. The molecule has 3 nitrogen and oxygen atoms in total. The summed E-state index contributed by atoms with van der Waals surface area (Å²) in [6, 6.07) is 0.109. The van der Waals surface area contributed by atoms with Gasteiger partial charge < -0.3 is 10.6 Å². The first-order chi connectivity index (χ1) is 7.59. The topological polar surface area (TPSA) is 46.3 Å². The van der Waals surface area contributed by atoms with Crippen molar-refractivity contribution >= 4 is 28.8 Å². The van der Waals surface area contributed by atoms with E-state index in [2.05, 4.69) is 0 Å². The van der Waals surface area contributed by atoms with Crippen molar-refractivity contribution in [2.75, 3.05) is 13.1 Å². The molecule has 88 valence electrons. The van der Waals surface area contributed by atoms with Crippen LogP contribution in [0.15, 0.2) is 5.38 Å². The van der Waals surface area contributed by atoms with E-state index in [1.807, 2.05) is 17.2 Å². The minimum Gasteiger partial charge on any atom is -0.336 e. The summed E-state index contributed by atoms with van der Waals surface area (Å²) in [4.78, 5) is 14.6. The summed E-state index contributed by atoms with van der Waals surface area (Å²) in [5.74, 6) is 0.0262. The molecule has 0 saturated carbocycles. The van der Waals surface area contributed by atoms with E-state index in [1.54, 1.807) is 0 Å². The molecule has 0 bridgehead atoms. The predicted octanol–water partition coefficient (Wildman–Crippen LogP) is 2.27. The van der Waals surface area contributed by atoms with Gasteiger partial charge in [0.2, 0.25) is 0 Å². The largest absolute Gasteiger partial charge is 0.336 e. The van der Waals surface area contributed by atoms with Crippen LogP contribution in [0.1, 0.15) is 28.1 Å². The molecule has 2 N–H and O–H groups in total. The van der Waals surface area contributed by atoms with Gasteiger partial charge in [-0.2, -0.15) is 0 Å². The summed E-state index contributed by atoms with van der Waals surface area (Å²) < 4.78 is 0. The Kier molecular flexibility index (Phi) is 3.52. The molecule has 2 rings (SSSR count). The number of likely N-dealkylation sites (tertiary alicyclic amines) is 1. The molecule has 1 aromatic rings. The SMILES string of the molecule is Cc1csc(C(=O)N2CCC[C@@H](N)C2)c1Cl. The number of thiophene rings is 1. The lowest BCUT2D eigenvalue weighted by Gasteiger charge is -2.30. The van der Waals surface area contributed by atoms with E-state index in [0.717, 1.165) is 24.9 Å². The monoisotopic (exact) mass is 258 g/mol. The van der Waals surface area contributed by atoms with Crippen molar-refractivity contribution in [3.8, 4) is 0 Å². The van der Waals surface area contributed by atoms with Gasteiger partial charge in [-0.1, -0.05) is 11.6 Å². The Morgan fingerprint density at radius 3 is 3.00 bits per heavy atom. The summed E-state index contributed by atoms with van der Waals surface area (Å²) in [5.41, 5.74) is 6.83. The van der Waals surface area contributed by atoms with Crippen molar-refractivity contribution in [2.45, 2.75) is 25.8 Å². The summed E-state index contributed by atoms with van der Waals surface area (Å²) >= 11 is 7.51. The van der Waals surface area contributed by atoms with Crippen molar-refractivity contribution in [3.05, 3.63) is 20.8 Å². The lowest BCUT2D eigenvalue weighted by Crippen LogP contribution is -2.45. The van der Waals surface area contributed by atoms with E-state index in [9.17, 15) is 4.79 Å². The third-order valence-corrected chi connectivity index (χ3v) is 4.52. The van der Waals surface area contributed by atoms with Gasteiger partial charge in [0.05, 0.1) is 5.02 Å². The number of halogens is 1. The molecule has 2 heterocycles. The normalized spacial score (nSPS) is 21.2. The molecule has 0 aliphatic carbocycles. The van der Waals surface area contributed by atoms with Crippen molar-refractivity contribution in [1.29, 1.82) is 0 Å². The quantitative estimate of drug-likeness (QED) is 0.840. The van der Waals surface area contributed by atoms with Crippen molar-refractivity contribution in [1.82, 2.24) is 4.90 Å². The summed E-state index contributed by atoms with van der Waals surface area (Å²) in [6.07, 6.45) is 1.98. The molecule has 0 unspecified atom stereocenters. The number of hydrogen-bond acceptors (Lipinski definition) is 3. The molecule has 1 atom stereocenters. The van der Waals surface area contributed by atoms with Gasteiger partial charge >= 0.3 is 0 Å². The fourth-order valence-electron chi connectivity index (χ4n) is 1.91. The molecular formula is C11H15ClN2OS. The van der Waals surface area contributed by atoms with Crippen LogP contribution < -0.4 is 5.73 Å². The molecule has 1 saturated heterocycles. The molecule has 1 amide bonds. The minimum atomic E-state index is 0.0262. The highest BCUT2D eigenvalue weighted by atomic mass is 35.5. The fraction of sp³-hybridized carbons (Fsp3) is 0.545. The van der Waals surface area contributed by atoms with Crippen LogP contribution in [-0.2, 0) is 0 Å². The molecule has 16 heavy (non-hydrogen) atoms. The highest BCUT2D eigenvalue weighted by molar-refractivity contribution is 7.13. The number of carbonyl (C=O) groups excluding carboxylic acids is 1. The molecule has 5 heteroatoms. The average Bonchev–Trinajstić information content (AvgIpc) is 2.59. The summed E-state index contributed by atoms with van der Waals surface area (Å²) in [5, 5.41) is 2.51. The Bertz CT molecular complexity index is 405. The number of nitrogens with zero attached hydrogens (tertiary/aromatic N) is 1. The van der Waals surface area contributed by atoms with Gasteiger partial charge in [0.15, 0.2) is 0 Å². The number of aryl methyl sites for hydroxylation is 1. The van der Waals surface area contributed by atoms with E-state index < -0.39 is 0 Å². The minimum absolute atomic E-state index is 0.0262. The van der Waals surface area contributed by atoms with E-state index in [1.165, 1.54) is 11.3 Å². The average molecular weight is 259 g/mol. The van der Waals surface area contributed by atoms with Crippen LogP contribution in [0, 0.1) is 6.92 Å². The van der Waals surface area contributed by atoms with Crippen LogP contribution in [0.4, 0.5) is 0 Å². The molecule has 0 spiro atoms.